The van der Waals surface area contributed by atoms with E-state index in [2.05, 4.69) is 0 Å². The zero-order valence-electron chi connectivity index (χ0n) is 15.4. The highest BCUT2D eigenvalue weighted by Gasteiger charge is 2.28. The van der Waals surface area contributed by atoms with Crippen LogP contribution in [-0.2, 0) is 6.61 Å². The zero-order valence-corrected chi connectivity index (χ0v) is 15.4. The molecule has 1 aromatic heterocycles. The van der Waals surface area contributed by atoms with Crippen molar-refractivity contribution in [2.75, 3.05) is 5.73 Å². The summed E-state index contributed by atoms with van der Waals surface area (Å²) in [6.07, 6.45) is 0. The molecule has 0 atom stereocenters. The molecule has 2 aromatic carbocycles. The molecular formula is C20H13F3N2O6. The number of nitrogens with two attached hydrogens (primary N) is 1. The van der Waals surface area contributed by atoms with Gasteiger partial charge in [0.15, 0.2) is 0 Å². The Hall–Kier alpha value is -4.28. The summed E-state index contributed by atoms with van der Waals surface area (Å²) in [5, 5.41) is 19.0. The van der Waals surface area contributed by atoms with Gasteiger partial charge in [0.05, 0.1) is 0 Å². The average molecular weight is 434 g/mol. The Balaban J connectivity index is 2.22. The summed E-state index contributed by atoms with van der Waals surface area (Å²) in [4.78, 5) is 37.5. The number of halogens is 3. The third-order valence-electron chi connectivity index (χ3n) is 4.20. The van der Waals surface area contributed by atoms with Crippen LogP contribution in [0.2, 0.25) is 0 Å². The van der Waals surface area contributed by atoms with Crippen LogP contribution in [0.3, 0.4) is 0 Å². The number of hydrogen-bond donors (Lipinski definition) is 4. The number of hydrogen-bond acceptors (Lipinski definition) is 5. The number of H-pyrrole nitrogens is 1. The lowest BCUT2D eigenvalue weighted by atomic mass is 9.94. The molecule has 0 amide bonds. The molecule has 0 bridgehead atoms. The largest absolute Gasteiger partial charge is 0.488 e. The van der Waals surface area contributed by atoms with Gasteiger partial charge in [0.2, 0.25) is 0 Å². The van der Waals surface area contributed by atoms with Crippen molar-refractivity contribution >= 4 is 17.8 Å². The molecule has 11 heteroatoms. The summed E-state index contributed by atoms with van der Waals surface area (Å²) >= 11 is 0. The van der Waals surface area contributed by atoms with Crippen molar-refractivity contribution in [3.8, 4) is 16.9 Å². The van der Waals surface area contributed by atoms with E-state index in [1.165, 1.54) is 0 Å². The maximum absolute atomic E-state index is 13.9. The fraction of sp³-hybridized carbons (Fsp3) is 0.0500. The minimum atomic E-state index is -1.76. The van der Waals surface area contributed by atoms with Crippen molar-refractivity contribution < 1.29 is 37.7 Å². The second kappa shape index (κ2) is 8.22. The molecule has 1 heterocycles. The first kappa shape index (κ1) is 21.4. The van der Waals surface area contributed by atoms with E-state index in [-0.39, 0.29) is 16.9 Å². The second-order valence-corrected chi connectivity index (χ2v) is 6.31. The van der Waals surface area contributed by atoms with Crippen LogP contribution in [0.25, 0.3) is 11.1 Å². The van der Waals surface area contributed by atoms with Crippen LogP contribution >= 0.6 is 0 Å². The maximum atomic E-state index is 13.9. The fourth-order valence-corrected chi connectivity index (χ4v) is 2.99. The molecule has 0 aliphatic rings. The first-order valence-electron chi connectivity index (χ1n) is 8.48. The van der Waals surface area contributed by atoms with Gasteiger partial charge in [0.25, 0.3) is 5.56 Å². The molecule has 0 aliphatic heterocycles. The Morgan fingerprint density at radius 1 is 0.935 bits per heavy atom. The smallest absolute Gasteiger partial charge is 0.342 e. The van der Waals surface area contributed by atoms with Gasteiger partial charge in [-0.05, 0) is 29.8 Å². The van der Waals surface area contributed by atoms with Gasteiger partial charge in [-0.3, -0.25) is 4.79 Å². The number of aromatic amines is 1. The lowest BCUT2D eigenvalue weighted by Crippen LogP contribution is -2.24. The molecule has 31 heavy (non-hydrogen) atoms. The number of benzene rings is 2. The Morgan fingerprint density at radius 2 is 1.55 bits per heavy atom. The molecule has 8 nitrogen and oxygen atoms in total. The van der Waals surface area contributed by atoms with Crippen molar-refractivity contribution in [2.45, 2.75) is 6.61 Å². The normalized spacial score (nSPS) is 10.7. The summed E-state index contributed by atoms with van der Waals surface area (Å²) in [5.41, 5.74) is 1.83. The maximum Gasteiger partial charge on any atom is 0.342 e. The number of aromatic nitrogens is 1. The summed E-state index contributed by atoms with van der Waals surface area (Å²) in [6.45, 7) is -0.478. The van der Waals surface area contributed by atoms with Gasteiger partial charge in [-0.1, -0.05) is 0 Å². The van der Waals surface area contributed by atoms with Crippen LogP contribution in [0.15, 0.2) is 41.2 Å². The minimum Gasteiger partial charge on any atom is -0.488 e. The average Bonchev–Trinajstić information content (AvgIpc) is 2.64. The Kier molecular flexibility index (Phi) is 5.68. The van der Waals surface area contributed by atoms with E-state index in [1.54, 1.807) is 0 Å². The number of carbonyl (C=O) groups is 2. The Bertz CT molecular complexity index is 1250. The third kappa shape index (κ3) is 4.34. The lowest BCUT2D eigenvalue weighted by molar-refractivity contribution is 0.0695. The fourth-order valence-electron chi connectivity index (χ4n) is 2.99. The number of carboxylic acid groups (broad SMARTS) is 2. The highest BCUT2D eigenvalue weighted by molar-refractivity contribution is 6.08. The summed E-state index contributed by atoms with van der Waals surface area (Å²) in [7, 11) is 0. The molecule has 0 saturated carbocycles. The number of nitrogens with one attached hydrogen (secondary N) is 1. The van der Waals surface area contributed by atoms with Crippen LogP contribution in [0.1, 0.15) is 26.3 Å². The number of rotatable bonds is 6. The molecule has 0 saturated heterocycles. The molecule has 0 aliphatic carbocycles. The van der Waals surface area contributed by atoms with E-state index in [0.29, 0.717) is 6.07 Å². The third-order valence-corrected chi connectivity index (χ3v) is 4.20. The van der Waals surface area contributed by atoms with Crippen molar-refractivity contribution in [3.63, 3.8) is 0 Å². The predicted molar refractivity (Wildman–Crippen MR) is 101 cm³/mol. The molecule has 3 aromatic rings. The van der Waals surface area contributed by atoms with E-state index < -0.39 is 64.1 Å². The highest BCUT2D eigenvalue weighted by Crippen LogP contribution is 2.36. The van der Waals surface area contributed by atoms with E-state index in [0.717, 1.165) is 30.3 Å². The molecule has 0 fully saturated rings. The van der Waals surface area contributed by atoms with Crippen molar-refractivity contribution in [3.05, 3.63) is 80.9 Å². The molecule has 0 unspecified atom stereocenters. The quantitative estimate of drug-likeness (QED) is 0.467. The number of aromatic carboxylic acids is 2. The van der Waals surface area contributed by atoms with Crippen LogP contribution in [0, 0.1) is 17.5 Å². The molecule has 3 rings (SSSR count). The monoisotopic (exact) mass is 434 g/mol. The summed E-state index contributed by atoms with van der Waals surface area (Å²) in [6, 6.07) is 5.24. The van der Waals surface area contributed by atoms with Crippen LogP contribution < -0.4 is 16.0 Å². The number of ether oxygens (including phenoxy) is 1. The van der Waals surface area contributed by atoms with Gasteiger partial charge in [0.1, 0.15) is 46.8 Å². The van der Waals surface area contributed by atoms with Gasteiger partial charge < -0.3 is 25.7 Å². The Labute approximate surface area is 171 Å². The number of carboxylic acids is 2. The second-order valence-electron chi connectivity index (χ2n) is 6.31. The van der Waals surface area contributed by atoms with Crippen LogP contribution in [-0.4, -0.2) is 27.1 Å². The van der Waals surface area contributed by atoms with Crippen LogP contribution in [0.5, 0.6) is 5.75 Å². The van der Waals surface area contributed by atoms with E-state index >= 15 is 0 Å². The standard InChI is InChI=1S/C20H13F3N2O6/c21-9-1-2-12(13(6-9)31-7-8-3-10(22)5-11(23)4-8)14-15(19(27)28)17(24)25-18(26)16(14)20(29)30/h1-6H,7H2,(H,27,28)(H,29,30)(H3,24,25,26). The molecule has 5 N–H and O–H groups in total. The topological polar surface area (TPSA) is 143 Å². The number of nitrogen functional groups attached to an aromatic ring is 1. The van der Waals surface area contributed by atoms with Gasteiger partial charge in [-0.2, -0.15) is 0 Å². The first-order valence-corrected chi connectivity index (χ1v) is 8.48. The summed E-state index contributed by atoms with van der Waals surface area (Å²) < 4.78 is 46.1. The summed E-state index contributed by atoms with van der Waals surface area (Å²) in [5.74, 6) is -7.03. The SMILES string of the molecule is Nc1[nH]c(=O)c(C(=O)O)c(-c2ccc(F)cc2OCc2cc(F)cc(F)c2)c1C(=O)O. The van der Waals surface area contributed by atoms with Gasteiger partial charge in [0, 0.05) is 23.3 Å². The lowest BCUT2D eigenvalue weighted by Gasteiger charge is -2.16. The Morgan fingerprint density at radius 3 is 2.13 bits per heavy atom. The van der Waals surface area contributed by atoms with Crippen LogP contribution in [0.4, 0.5) is 19.0 Å². The van der Waals surface area contributed by atoms with Crippen molar-refractivity contribution in [2.24, 2.45) is 0 Å². The molecule has 0 spiro atoms. The predicted octanol–water partition coefficient (Wildman–Crippen LogP) is 3.02. The van der Waals surface area contributed by atoms with Gasteiger partial charge in [-0.15, -0.1) is 0 Å². The van der Waals surface area contributed by atoms with E-state index in [4.69, 9.17) is 10.5 Å². The van der Waals surface area contributed by atoms with Crippen molar-refractivity contribution in [1.82, 2.24) is 4.98 Å². The van der Waals surface area contributed by atoms with E-state index in [9.17, 15) is 37.8 Å². The number of pyridine rings is 1. The minimum absolute atomic E-state index is 0.0232. The highest BCUT2D eigenvalue weighted by atomic mass is 19.1. The van der Waals surface area contributed by atoms with Crippen molar-refractivity contribution in [1.29, 1.82) is 0 Å². The molecular weight excluding hydrogens is 421 g/mol. The molecule has 160 valence electrons. The van der Waals surface area contributed by atoms with E-state index in [1.807, 2.05) is 4.98 Å². The zero-order chi connectivity index (χ0) is 22.9. The van der Waals surface area contributed by atoms with Gasteiger partial charge in [-0.25, -0.2) is 22.8 Å². The molecule has 0 radical (unpaired) electrons. The number of anilines is 1. The first-order chi connectivity index (χ1) is 14.6. The van der Waals surface area contributed by atoms with Gasteiger partial charge >= 0.3 is 11.9 Å².